The molecule has 1 aromatic carbocycles. The molecule has 1 unspecified atom stereocenters. The highest BCUT2D eigenvalue weighted by molar-refractivity contribution is 6.30. The van der Waals surface area contributed by atoms with Crippen LogP contribution in [0.5, 0.6) is 0 Å². The molecule has 1 N–H and O–H groups in total. The van der Waals surface area contributed by atoms with E-state index in [-0.39, 0.29) is 0 Å². The molecule has 0 spiro atoms. The van der Waals surface area contributed by atoms with E-state index in [0.29, 0.717) is 23.8 Å². The molecule has 0 saturated carbocycles. The maximum absolute atomic E-state index is 9.86. The van der Waals surface area contributed by atoms with Gasteiger partial charge in [0.2, 0.25) is 0 Å². The predicted molar refractivity (Wildman–Crippen MR) is 59.8 cm³/mol. The molecule has 1 aliphatic rings. The van der Waals surface area contributed by atoms with Crippen LogP contribution in [0.15, 0.2) is 36.1 Å². The lowest BCUT2D eigenvalue weighted by Gasteiger charge is -2.12. The molecule has 1 aliphatic heterocycles. The van der Waals surface area contributed by atoms with Crippen molar-refractivity contribution in [1.82, 2.24) is 0 Å². The van der Waals surface area contributed by atoms with E-state index in [1.807, 2.05) is 30.3 Å². The van der Waals surface area contributed by atoms with Crippen molar-refractivity contribution in [3.05, 3.63) is 46.7 Å². The van der Waals surface area contributed by atoms with Gasteiger partial charge in [-0.3, -0.25) is 0 Å². The molecule has 0 fully saturated rings. The van der Waals surface area contributed by atoms with Gasteiger partial charge in [-0.15, -0.1) is 0 Å². The van der Waals surface area contributed by atoms with E-state index in [1.54, 1.807) is 0 Å². The van der Waals surface area contributed by atoms with Crippen molar-refractivity contribution in [2.24, 2.45) is 0 Å². The Kier molecular flexibility index (Phi) is 3.29. The summed E-state index contributed by atoms with van der Waals surface area (Å²) >= 11 is 5.86. The zero-order valence-corrected chi connectivity index (χ0v) is 9.07. The highest BCUT2D eigenvalue weighted by atomic mass is 35.5. The minimum Gasteiger partial charge on any atom is -0.495 e. The highest BCUT2D eigenvalue weighted by Crippen LogP contribution is 2.18. The monoisotopic (exact) mass is 224 g/mol. The molecule has 0 aliphatic carbocycles. The summed E-state index contributed by atoms with van der Waals surface area (Å²) in [6.07, 6.45) is 2.83. The Morgan fingerprint density at radius 2 is 2.33 bits per heavy atom. The highest BCUT2D eigenvalue weighted by Gasteiger charge is 2.16. The van der Waals surface area contributed by atoms with Gasteiger partial charge in [0.1, 0.15) is 11.9 Å². The number of halogens is 1. The van der Waals surface area contributed by atoms with Crippen molar-refractivity contribution in [2.45, 2.75) is 18.9 Å². The Labute approximate surface area is 94.1 Å². The molecular weight excluding hydrogens is 212 g/mol. The maximum atomic E-state index is 9.86. The van der Waals surface area contributed by atoms with Gasteiger partial charge in [0.25, 0.3) is 0 Å². The van der Waals surface area contributed by atoms with E-state index in [0.717, 1.165) is 12.0 Å². The summed E-state index contributed by atoms with van der Waals surface area (Å²) in [5.41, 5.74) is 1.02. The lowest BCUT2D eigenvalue weighted by molar-refractivity contribution is 0.118. The molecule has 2 rings (SSSR count). The first-order chi connectivity index (χ1) is 7.25. The Bertz CT molecular complexity index is 374. The Balaban J connectivity index is 2.02. The first-order valence-electron chi connectivity index (χ1n) is 5.01. The van der Waals surface area contributed by atoms with Gasteiger partial charge in [-0.2, -0.15) is 0 Å². The van der Waals surface area contributed by atoms with E-state index < -0.39 is 6.10 Å². The normalized spacial score (nSPS) is 17.1. The smallest absolute Gasteiger partial charge is 0.121 e. The third-order valence-electron chi connectivity index (χ3n) is 2.38. The quantitative estimate of drug-likeness (QED) is 0.855. The summed E-state index contributed by atoms with van der Waals surface area (Å²) < 4.78 is 5.30. The van der Waals surface area contributed by atoms with Gasteiger partial charge < -0.3 is 9.84 Å². The fraction of sp³-hybridized carbons (Fsp3) is 0.333. The van der Waals surface area contributed by atoms with Crippen molar-refractivity contribution in [2.75, 3.05) is 6.61 Å². The molecule has 0 aromatic heterocycles. The fourth-order valence-corrected chi connectivity index (χ4v) is 1.87. The maximum Gasteiger partial charge on any atom is 0.121 e. The number of aliphatic hydroxyl groups excluding tert-OH is 1. The zero-order chi connectivity index (χ0) is 10.7. The summed E-state index contributed by atoms with van der Waals surface area (Å²) in [5, 5.41) is 10.6. The summed E-state index contributed by atoms with van der Waals surface area (Å²) in [4.78, 5) is 0. The molecule has 0 saturated heterocycles. The van der Waals surface area contributed by atoms with Crippen LogP contribution in [-0.4, -0.2) is 17.8 Å². The molecule has 1 atom stereocenters. The van der Waals surface area contributed by atoms with Crippen LogP contribution in [0.25, 0.3) is 0 Å². The van der Waals surface area contributed by atoms with Crippen molar-refractivity contribution in [3.8, 4) is 0 Å². The van der Waals surface area contributed by atoms with Gasteiger partial charge in [0.15, 0.2) is 0 Å². The van der Waals surface area contributed by atoms with Crippen molar-refractivity contribution in [1.29, 1.82) is 0 Å². The average Bonchev–Trinajstić information content (AvgIpc) is 2.70. The Morgan fingerprint density at radius 3 is 3.00 bits per heavy atom. The summed E-state index contributed by atoms with van der Waals surface area (Å²) in [6, 6.07) is 7.52. The number of aliphatic hydroxyl groups is 1. The van der Waals surface area contributed by atoms with Crippen LogP contribution in [0.1, 0.15) is 12.0 Å². The first-order valence-corrected chi connectivity index (χ1v) is 5.39. The number of benzene rings is 1. The minimum atomic E-state index is -0.550. The molecule has 0 radical (unpaired) electrons. The molecule has 80 valence electrons. The topological polar surface area (TPSA) is 29.5 Å². The lowest BCUT2D eigenvalue weighted by Crippen LogP contribution is -2.14. The van der Waals surface area contributed by atoms with Crippen LogP contribution in [0.2, 0.25) is 5.02 Å². The van der Waals surface area contributed by atoms with Crippen LogP contribution in [0.3, 0.4) is 0 Å². The van der Waals surface area contributed by atoms with Gasteiger partial charge in [0, 0.05) is 17.9 Å². The molecule has 3 heteroatoms. The Morgan fingerprint density at radius 1 is 1.47 bits per heavy atom. The average molecular weight is 225 g/mol. The van der Waals surface area contributed by atoms with E-state index in [4.69, 9.17) is 16.3 Å². The number of hydrogen-bond acceptors (Lipinski definition) is 2. The van der Waals surface area contributed by atoms with E-state index in [9.17, 15) is 5.11 Å². The molecule has 15 heavy (non-hydrogen) atoms. The van der Waals surface area contributed by atoms with Crippen LogP contribution in [-0.2, 0) is 11.2 Å². The predicted octanol–water partition coefficient (Wildman–Crippen LogP) is 2.55. The molecular formula is C12H13ClO2. The van der Waals surface area contributed by atoms with Crippen molar-refractivity contribution >= 4 is 11.6 Å². The second-order valence-electron chi connectivity index (χ2n) is 3.59. The van der Waals surface area contributed by atoms with E-state index in [1.165, 1.54) is 0 Å². The number of ether oxygens (including phenoxy) is 1. The summed E-state index contributed by atoms with van der Waals surface area (Å²) in [6.45, 7) is 0.682. The molecule has 1 aromatic rings. The number of hydrogen-bond donors (Lipinski definition) is 1. The van der Waals surface area contributed by atoms with Crippen molar-refractivity contribution < 1.29 is 9.84 Å². The van der Waals surface area contributed by atoms with Gasteiger partial charge in [0.05, 0.1) is 6.61 Å². The zero-order valence-electron chi connectivity index (χ0n) is 8.32. The summed E-state index contributed by atoms with van der Waals surface area (Å²) in [7, 11) is 0. The standard InChI is InChI=1S/C12H13ClO2/c13-10-4-1-3-9(7-10)8-11(14)12-5-2-6-15-12/h1,3-5,7,11,14H,2,6,8H2. The fourth-order valence-electron chi connectivity index (χ4n) is 1.66. The minimum absolute atomic E-state index is 0.548. The second-order valence-corrected chi connectivity index (χ2v) is 4.03. The molecule has 2 nitrogen and oxygen atoms in total. The Hall–Kier alpha value is -0.990. The van der Waals surface area contributed by atoms with Gasteiger partial charge in [-0.1, -0.05) is 23.7 Å². The van der Waals surface area contributed by atoms with Crippen molar-refractivity contribution in [3.63, 3.8) is 0 Å². The third kappa shape index (κ3) is 2.74. The molecule has 1 heterocycles. The van der Waals surface area contributed by atoms with Gasteiger partial charge >= 0.3 is 0 Å². The molecule has 0 bridgehead atoms. The number of rotatable bonds is 3. The SMILES string of the molecule is OC(Cc1cccc(Cl)c1)C1=CCCO1. The van der Waals surface area contributed by atoms with Crippen LogP contribution in [0, 0.1) is 0 Å². The van der Waals surface area contributed by atoms with Crippen LogP contribution < -0.4 is 0 Å². The second kappa shape index (κ2) is 4.69. The van der Waals surface area contributed by atoms with E-state index in [2.05, 4.69) is 0 Å². The van der Waals surface area contributed by atoms with Gasteiger partial charge in [-0.25, -0.2) is 0 Å². The third-order valence-corrected chi connectivity index (χ3v) is 2.61. The van der Waals surface area contributed by atoms with E-state index >= 15 is 0 Å². The van der Waals surface area contributed by atoms with Gasteiger partial charge in [-0.05, 0) is 23.8 Å². The van der Waals surface area contributed by atoms with Crippen LogP contribution in [0.4, 0.5) is 0 Å². The lowest BCUT2D eigenvalue weighted by atomic mass is 10.1. The largest absolute Gasteiger partial charge is 0.495 e. The molecule has 0 amide bonds. The first kappa shape index (κ1) is 10.5. The summed E-state index contributed by atoms with van der Waals surface area (Å²) in [5.74, 6) is 0.690. The van der Waals surface area contributed by atoms with Crippen LogP contribution >= 0.6 is 11.6 Å².